The molecule has 0 unspecified atom stereocenters. The molecule has 1 aliphatic heterocycles. The summed E-state index contributed by atoms with van der Waals surface area (Å²) in [6.07, 6.45) is 8.86. The third-order valence-corrected chi connectivity index (χ3v) is 6.65. The molecule has 170 valence electrons. The monoisotopic (exact) mass is 434 g/mol. The number of ether oxygens (including phenoxy) is 1. The fraction of sp³-hybridized carbons (Fsp3) is 0.519. The summed E-state index contributed by atoms with van der Waals surface area (Å²) in [5.74, 6) is 6.59. The van der Waals surface area contributed by atoms with E-state index in [1.807, 2.05) is 0 Å². The van der Waals surface area contributed by atoms with Gasteiger partial charge in [-0.15, -0.1) is 5.10 Å². The van der Waals surface area contributed by atoms with E-state index in [0.29, 0.717) is 11.4 Å². The Morgan fingerprint density at radius 1 is 1.09 bits per heavy atom. The number of benzene rings is 1. The second-order valence-electron chi connectivity index (χ2n) is 8.63. The fourth-order valence-electron chi connectivity index (χ4n) is 4.50. The van der Waals surface area contributed by atoms with Gasteiger partial charge < -0.3 is 9.84 Å². The lowest BCUT2D eigenvalue weighted by Crippen LogP contribution is -2.32. The van der Waals surface area contributed by atoms with Gasteiger partial charge in [0.2, 0.25) is 0 Å². The van der Waals surface area contributed by atoms with Gasteiger partial charge in [-0.2, -0.15) is 5.10 Å². The van der Waals surface area contributed by atoms with Crippen molar-refractivity contribution in [3.8, 4) is 17.6 Å². The van der Waals surface area contributed by atoms with E-state index in [0.717, 1.165) is 50.0 Å². The lowest BCUT2D eigenvalue weighted by atomic mass is 9.71. The van der Waals surface area contributed by atoms with Crippen molar-refractivity contribution in [2.75, 3.05) is 6.61 Å². The van der Waals surface area contributed by atoms with Gasteiger partial charge in [0.05, 0.1) is 18.7 Å². The minimum atomic E-state index is -0.919. The Labute approximate surface area is 191 Å². The van der Waals surface area contributed by atoms with Gasteiger partial charge in [0.15, 0.2) is 0 Å². The molecule has 1 N–H and O–H groups in total. The maximum Gasteiger partial charge on any atom is 0.309 e. The molecular weight excluding hydrogens is 400 g/mol. The third-order valence-electron chi connectivity index (χ3n) is 6.65. The Bertz CT molecular complexity index is 982. The van der Waals surface area contributed by atoms with Gasteiger partial charge in [-0.3, -0.25) is 4.79 Å². The van der Waals surface area contributed by atoms with Gasteiger partial charge in [-0.1, -0.05) is 46.0 Å². The van der Waals surface area contributed by atoms with E-state index in [1.165, 1.54) is 30.4 Å². The SMILES string of the molecule is CCCCCCc1cc2c(cc1C#Cc1ccc(CC(=O)O)nn1)C(CC)(CC)CCO2. The molecule has 0 aliphatic carbocycles. The number of carboxylic acid groups (broad SMARTS) is 1. The molecule has 0 amide bonds. The molecule has 1 aromatic heterocycles. The van der Waals surface area contributed by atoms with Gasteiger partial charge in [0, 0.05) is 16.5 Å². The van der Waals surface area contributed by atoms with Crippen molar-refractivity contribution >= 4 is 5.97 Å². The summed E-state index contributed by atoms with van der Waals surface area (Å²) < 4.78 is 6.09. The Morgan fingerprint density at radius 3 is 2.56 bits per heavy atom. The van der Waals surface area contributed by atoms with Crippen LogP contribution < -0.4 is 4.74 Å². The smallest absolute Gasteiger partial charge is 0.309 e. The van der Waals surface area contributed by atoms with Crippen LogP contribution in [0.5, 0.6) is 5.75 Å². The van der Waals surface area contributed by atoms with E-state index in [2.05, 4.69) is 54.9 Å². The number of fused-ring (bicyclic) bond motifs is 1. The van der Waals surface area contributed by atoms with Crippen molar-refractivity contribution in [1.29, 1.82) is 0 Å². The van der Waals surface area contributed by atoms with Crippen LogP contribution in [0.3, 0.4) is 0 Å². The van der Waals surface area contributed by atoms with Gasteiger partial charge >= 0.3 is 5.97 Å². The first-order valence-corrected chi connectivity index (χ1v) is 11.9. The summed E-state index contributed by atoms with van der Waals surface area (Å²) in [4.78, 5) is 10.8. The summed E-state index contributed by atoms with van der Waals surface area (Å²) in [5.41, 5.74) is 4.66. The molecular formula is C27H34N2O3. The van der Waals surface area contributed by atoms with Crippen molar-refractivity contribution in [2.45, 2.75) is 84.0 Å². The predicted octanol–water partition coefficient (Wildman–Crippen LogP) is 5.47. The minimum Gasteiger partial charge on any atom is -0.493 e. The van der Waals surface area contributed by atoms with Crippen molar-refractivity contribution in [1.82, 2.24) is 10.2 Å². The summed E-state index contributed by atoms with van der Waals surface area (Å²) in [5, 5.41) is 17.0. The molecule has 5 nitrogen and oxygen atoms in total. The molecule has 0 atom stereocenters. The molecule has 0 spiro atoms. The molecule has 32 heavy (non-hydrogen) atoms. The van der Waals surface area contributed by atoms with Crippen LogP contribution in [-0.4, -0.2) is 27.9 Å². The molecule has 1 aromatic carbocycles. The number of unbranched alkanes of at least 4 members (excludes halogenated alkanes) is 3. The second-order valence-corrected chi connectivity index (χ2v) is 8.63. The van der Waals surface area contributed by atoms with Crippen LogP contribution in [0.2, 0.25) is 0 Å². The number of hydrogen-bond donors (Lipinski definition) is 1. The summed E-state index contributed by atoms with van der Waals surface area (Å²) in [7, 11) is 0. The van der Waals surface area contributed by atoms with Gasteiger partial charge in [-0.25, -0.2) is 0 Å². The maximum atomic E-state index is 10.8. The normalized spacial score (nSPS) is 14.1. The number of aliphatic carboxylic acids is 1. The highest BCUT2D eigenvalue weighted by Crippen LogP contribution is 2.44. The zero-order valence-corrected chi connectivity index (χ0v) is 19.5. The van der Waals surface area contributed by atoms with Crippen LogP contribution in [0.1, 0.15) is 93.8 Å². The number of aromatic nitrogens is 2. The molecule has 2 heterocycles. The first kappa shape index (κ1) is 23.8. The average molecular weight is 435 g/mol. The molecule has 1 aliphatic rings. The zero-order valence-electron chi connectivity index (χ0n) is 19.5. The standard InChI is InChI=1S/C27H34N2O3/c1-4-7-8-9-10-20-18-25-24(27(5-2,6-3)15-16-32-25)17-21(20)11-12-22-13-14-23(29-28-22)19-26(30)31/h13-14,17-18H,4-10,15-16,19H2,1-3H3,(H,30,31). The number of carbonyl (C=O) groups is 1. The van der Waals surface area contributed by atoms with E-state index in [1.54, 1.807) is 12.1 Å². The Kier molecular flexibility index (Phi) is 8.27. The van der Waals surface area contributed by atoms with Crippen LogP contribution in [0.25, 0.3) is 0 Å². The quantitative estimate of drug-likeness (QED) is 0.419. The summed E-state index contributed by atoms with van der Waals surface area (Å²) in [6.45, 7) is 7.52. The van der Waals surface area contributed by atoms with Crippen molar-refractivity contribution in [3.63, 3.8) is 0 Å². The number of aryl methyl sites for hydroxylation is 1. The van der Waals surface area contributed by atoms with E-state index >= 15 is 0 Å². The van der Waals surface area contributed by atoms with E-state index in [9.17, 15) is 4.79 Å². The topological polar surface area (TPSA) is 72.3 Å². The zero-order chi connectivity index (χ0) is 23.0. The van der Waals surface area contributed by atoms with Crippen molar-refractivity contribution in [2.24, 2.45) is 0 Å². The van der Waals surface area contributed by atoms with Gasteiger partial charge in [0.1, 0.15) is 11.4 Å². The number of hydrogen-bond acceptors (Lipinski definition) is 4. The van der Waals surface area contributed by atoms with E-state index in [-0.39, 0.29) is 11.8 Å². The van der Waals surface area contributed by atoms with E-state index < -0.39 is 5.97 Å². The molecule has 0 radical (unpaired) electrons. The largest absolute Gasteiger partial charge is 0.493 e. The number of nitrogens with zero attached hydrogens (tertiary/aromatic N) is 2. The molecule has 5 heteroatoms. The molecule has 2 aromatic rings. The fourth-order valence-corrected chi connectivity index (χ4v) is 4.50. The summed E-state index contributed by atoms with van der Waals surface area (Å²) in [6, 6.07) is 7.88. The minimum absolute atomic E-state index is 0.135. The van der Waals surface area contributed by atoms with Crippen LogP contribution in [-0.2, 0) is 23.1 Å². The first-order valence-electron chi connectivity index (χ1n) is 11.9. The Morgan fingerprint density at radius 2 is 1.91 bits per heavy atom. The predicted molar refractivity (Wildman–Crippen MR) is 126 cm³/mol. The molecule has 0 bridgehead atoms. The number of carboxylic acids is 1. The van der Waals surface area contributed by atoms with Gasteiger partial charge in [-0.05, 0) is 67.9 Å². The molecule has 0 saturated heterocycles. The molecule has 0 saturated carbocycles. The Hall–Kier alpha value is -2.87. The molecule has 0 fully saturated rings. The lowest BCUT2D eigenvalue weighted by molar-refractivity contribution is -0.136. The lowest BCUT2D eigenvalue weighted by Gasteiger charge is -2.38. The van der Waals surface area contributed by atoms with Crippen molar-refractivity contribution < 1.29 is 14.6 Å². The highest BCUT2D eigenvalue weighted by atomic mass is 16.5. The van der Waals surface area contributed by atoms with Crippen LogP contribution >= 0.6 is 0 Å². The van der Waals surface area contributed by atoms with E-state index in [4.69, 9.17) is 9.84 Å². The van der Waals surface area contributed by atoms with Crippen LogP contribution in [0.4, 0.5) is 0 Å². The molecule has 3 rings (SSSR count). The summed E-state index contributed by atoms with van der Waals surface area (Å²) >= 11 is 0. The highest BCUT2D eigenvalue weighted by molar-refractivity contribution is 5.69. The van der Waals surface area contributed by atoms with Crippen LogP contribution in [0, 0.1) is 11.8 Å². The van der Waals surface area contributed by atoms with Crippen molar-refractivity contribution in [3.05, 3.63) is 52.3 Å². The van der Waals surface area contributed by atoms with Gasteiger partial charge in [0.25, 0.3) is 0 Å². The highest BCUT2D eigenvalue weighted by Gasteiger charge is 2.35. The average Bonchev–Trinajstić information content (AvgIpc) is 2.80. The second kappa shape index (κ2) is 11.1. The maximum absolute atomic E-state index is 10.8. The third kappa shape index (κ3) is 5.68. The number of rotatable bonds is 9. The Balaban J connectivity index is 1.95. The first-order chi connectivity index (χ1) is 15.5. The van der Waals surface area contributed by atoms with Crippen LogP contribution in [0.15, 0.2) is 24.3 Å².